The third-order valence-electron chi connectivity index (χ3n) is 1.32. The average Bonchev–Trinajstić information content (AvgIpc) is 2.10. The Morgan fingerprint density at radius 1 is 1.47 bits per heavy atom. The van der Waals surface area contributed by atoms with Gasteiger partial charge in [-0.3, -0.25) is 9.59 Å². The maximum absolute atomic E-state index is 11.0. The first-order valence-electron chi connectivity index (χ1n) is 4.18. The molecule has 0 radical (unpaired) electrons. The van der Waals surface area contributed by atoms with E-state index in [9.17, 15) is 14.4 Å². The van der Waals surface area contributed by atoms with Gasteiger partial charge in [0.1, 0.15) is 18.3 Å². The molecular formula is C10H12O5. The van der Waals surface area contributed by atoms with E-state index in [0.29, 0.717) is 0 Å². The van der Waals surface area contributed by atoms with Gasteiger partial charge in [-0.05, 0) is 19.1 Å². The monoisotopic (exact) mass is 212 g/mol. The molecule has 15 heavy (non-hydrogen) atoms. The minimum Gasteiger partial charge on any atom is -0.478 e. The number of carbonyl (C=O) groups excluding carboxylic acids is 2. The smallest absolute Gasteiger partial charge is 0.328 e. The molecule has 0 aromatic carbocycles. The van der Waals surface area contributed by atoms with Crippen molar-refractivity contribution in [1.82, 2.24) is 0 Å². The molecule has 1 atom stereocenters. The normalized spacial score (nSPS) is 12.1. The summed E-state index contributed by atoms with van der Waals surface area (Å²) in [5, 5.41) is 8.32. The van der Waals surface area contributed by atoms with Crippen molar-refractivity contribution in [2.24, 2.45) is 0 Å². The molecule has 1 unspecified atom stereocenters. The Kier molecular flexibility index (Phi) is 5.70. The predicted molar refractivity (Wildman–Crippen MR) is 52.2 cm³/mol. The van der Waals surface area contributed by atoms with Crippen LogP contribution in [0.4, 0.5) is 0 Å². The van der Waals surface area contributed by atoms with Crippen molar-refractivity contribution in [3.63, 3.8) is 0 Å². The topological polar surface area (TPSA) is 80.7 Å². The van der Waals surface area contributed by atoms with E-state index in [4.69, 9.17) is 9.84 Å². The molecule has 0 rings (SSSR count). The Balaban J connectivity index is 4.21. The van der Waals surface area contributed by atoms with Crippen LogP contribution in [0, 0.1) is 0 Å². The molecule has 0 heterocycles. The molecule has 5 nitrogen and oxygen atoms in total. The highest BCUT2D eigenvalue weighted by molar-refractivity contribution is 5.94. The van der Waals surface area contributed by atoms with Crippen molar-refractivity contribution in [3.8, 4) is 0 Å². The lowest BCUT2D eigenvalue weighted by molar-refractivity contribution is -0.147. The van der Waals surface area contributed by atoms with Crippen LogP contribution < -0.4 is 0 Å². The summed E-state index contributed by atoms with van der Waals surface area (Å²) in [6.45, 7) is 4.63. The number of hydrogen-bond donors (Lipinski definition) is 1. The van der Waals surface area contributed by atoms with Crippen molar-refractivity contribution in [1.29, 1.82) is 0 Å². The van der Waals surface area contributed by atoms with Crippen molar-refractivity contribution >= 4 is 17.7 Å². The molecule has 0 amide bonds. The van der Waals surface area contributed by atoms with Gasteiger partial charge in [-0.15, -0.1) is 0 Å². The fourth-order valence-electron chi connectivity index (χ4n) is 0.740. The van der Waals surface area contributed by atoms with Crippen molar-refractivity contribution < 1.29 is 24.2 Å². The van der Waals surface area contributed by atoms with Crippen LogP contribution in [0.3, 0.4) is 0 Å². The predicted octanol–water partition coefficient (Wildman–Crippen LogP) is 0.704. The summed E-state index contributed by atoms with van der Waals surface area (Å²) in [7, 11) is 0. The van der Waals surface area contributed by atoms with Gasteiger partial charge in [0.2, 0.25) is 0 Å². The maximum atomic E-state index is 11.0. The number of carboxylic acids is 1. The second-order valence-corrected chi connectivity index (χ2v) is 2.77. The van der Waals surface area contributed by atoms with Gasteiger partial charge in [0.15, 0.2) is 0 Å². The van der Waals surface area contributed by atoms with Crippen molar-refractivity contribution in [3.05, 3.63) is 24.8 Å². The zero-order chi connectivity index (χ0) is 11.8. The number of hydrogen-bond acceptors (Lipinski definition) is 4. The second kappa shape index (κ2) is 6.53. The van der Waals surface area contributed by atoms with Crippen LogP contribution in [0.15, 0.2) is 24.8 Å². The first-order chi connectivity index (χ1) is 6.95. The number of esters is 1. The first-order valence-corrected chi connectivity index (χ1v) is 4.18. The van der Waals surface area contributed by atoms with Crippen LogP contribution in [0.5, 0.6) is 0 Å². The lowest BCUT2D eigenvalue weighted by atomic mass is 10.3. The Bertz CT molecular complexity index is 303. The summed E-state index contributed by atoms with van der Waals surface area (Å²) in [6.07, 6.45) is 2.11. The summed E-state index contributed by atoms with van der Waals surface area (Å²) in [4.78, 5) is 31.7. The van der Waals surface area contributed by atoms with Crippen LogP contribution in [0.25, 0.3) is 0 Å². The number of rotatable bonds is 6. The lowest BCUT2D eigenvalue weighted by Crippen LogP contribution is -2.16. The van der Waals surface area contributed by atoms with Gasteiger partial charge in [-0.1, -0.05) is 6.58 Å². The van der Waals surface area contributed by atoms with Gasteiger partial charge in [-0.2, -0.15) is 0 Å². The van der Waals surface area contributed by atoms with Gasteiger partial charge >= 0.3 is 11.9 Å². The molecule has 0 spiro atoms. The summed E-state index contributed by atoms with van der Waals surface area (Å²) >= 11 is 0. The van der Waals surface area contributed by atoms with Crippen LogP contribution in [0.2, 0.25) is 0 Å². The summed E-state index contributed by atoms with van der Waals surface area (Å²) in [6, 6.07) is 0. The number of carboxylic acid groups (broad SMARTS) is 1. The molecule has 0 bridgehead atoms. The van der Waals surface area contributed by atoms with E-state index in [0.717, 1.165) is 12.2 Å². The highest BCUT2D eigenvalue weighted by Gasteiger charge is 2.10. The molecule has 5 heteroatoms. The number of ketones is 1. The quantitative estimate of drug-likeness (QED) is 0.303. The molecule has 0 saturated heterocycles. The number of Topliss-reactive ketones (excluding diaryl/α,β-unsaturated/α-hetero) is 1. The summed E-state index contributed by atoms with van der Waals surface area (Å²) in [5.74, 6) is -2.17. The van der Waals surface area contributed by atoms with E-state index in [1.807, 2.05) is 0 Å². The SMILES string of the molecule is C=CC(C=CC(=O)O)OC(=O)CC(C)=O. The molecule has 1 N–H and O–H groups in total. The molecule has 82 valence electrons. The largest absolute Gasteiger partial charge is 0.478 e. The minimum absolute atomic E-state index is 0.315. The van der Waals surface area contributed by atoms with E-state index < -0.39 is 18.0 Å². The van der Waals surface area contributed by atoms with Gasteiger partial charge in [0.05, 0.1) is 0 Å². The highest BCUT2D eigenvalue weighted by atomic mass is 16.5. The van der Waals surface area contributed by atoms with Crippen molar-refractivity contribution in [2.75, 3.05) is 0 Å². The minimum atomic E-state index is -1.15. The van der Waals surface area contributed by atoms with E-state index in [-0.39, 0.29) is 12.2 Å². The van der Waals surface area contributed by atoms with Gasteiger partial charge in [0, 0.05) is 6.08 Å². The van der Waals surface area contributed by atoms with Crippen LogP contribution >= 0.6 is 0 Å². The van der Waals surface area contributed by atoms with Crippen LogP contribution in [0.1, 0.15) is 13.3 Å². The Hall–Kier alpha value is -1.91. The fourth-order valence-corrected chi connectivity index (χ4v) is 0.740. The first kappa shape index (κ1) is 13.1. The van der Waals surface area contributed by atoms with E-state index >= 15 is 0 Å². The third-order valence-corrected chi connectivity index (χ3v) is 1.32. The Labute approximate surface area is 87.0 Å². The number of ether oxygens (including phenoxy) is 1. The summed E-state index contributed by atoms with van der Waals surface area (Å²) in [5.41, 5.74) is 0. The van der Waals surface area contributed by atoms with E-state index in [1.165, 1.54) is 13.0 Å². The lowest BCUT2D eigenvalue weighted by Gasteiger charge is -2.08. The fraction of sp³-hybridized carbons (Fsp3) is 0.300. The molecule has 0 saturated carbocycles. The molecule has 0 aliphatic rings. The average molecular weight is 212 g/mol. The highest BCUT2D eigenvalue weighted by Crippen LogP contribution is 1.99. The molecule has 0 aliphatic carbocycles. The number of carbonyl (C=O) groups is 3. The van der Waals surface area contributed by atoms with E-state index in [2.05, 4.69) is 6.58 Å². The van der Waals surface area contributed by atoms with Crippen LogP contribution in [-0.4, -0.2) is 28.9 Å². The zero-order valence-corrected chi connectivity index (χ0v) is 8.30. The van der Waals surface area contributed by atoms with Gasteiger partial charge in [-0.25, -0.2) is 4.79 Å². The third kappa shape index (κ3) is 7.18. The molecular weight excluding hydrogens is 200 g/mol. The second-order valence-electron chi connectivity index (χ2n) is 2.77. The number of aliphatic carboxylic acids is 1. The Morgan fingerprint density at radius 2 is 2.07 bits per heavy atom. The van der Waals surface area contributed by atoms with Crippen molar-refractivity contribution in [2.45, 2.75) is 19.4 Å². The summed E-state index contributed by atoms with van der Waals surface area (Å²) < 4.78 is 4.73. The van der Waals surface area contributed by atoms with E-state index in [1.54, 1.807) is 0 Å². The molecule has 0 aromatic heterocycles. The van der Waals surface area contributed by atoms with Gasteiger partial charge in [0.25, 0.3) is 0 Å². The standard InChI is InChI=1S/C10H12O5/c1-3-8(4-5-9(12)13)15-10(14)6-7(2)11/h3-5,8H,1,6H2,2H3,(H,12,13). The Morgan fingerprint density at radius 3 is 2.47 bits per heavy atom. The molecule has 0 aromatic rings. The molecule has 0 aliphatic heterocycles. The van der Waals surface area contributed by atoms with Gasteiger partial charge < -0.3 is 9.84 Å². The maximum Gasteiger partial charge on any atom is 0.328 e. The van der Waals surface area contributed by atoms with Crippen LogP contribution in [-0.2, 0) is 19.1 Å². The zero-order valence-electron chi connectivity index (χ0n) is 8.30. The molecule has 0 fully saturated rings.